The molecule has 0 fully saturated rings. The Balaban J connectivity index is 2.22. The number of thiazole rings is 1. The van der Waals surface area contributed by atoms with Gasteiger partial charge in [-0.15, -0.1) is 11.3 Å². The van der Waals surface area contributed by atoms with E-state index < -0.39 is 0 Å². The zero-order valence-electron chi connectivity index (χ0n) is 11.2. The van der Waals surface area contributed by atoms with Crippen LogP contribution in [0.1, 0.15) is 36.2 Å². The summed E-state index contributed by atoms with van der Waals surface area (Å²) in [6.45, 7) is 5.24. The molecule has 2 heterocycles. The van der Waals surface area contributed by atoms with Gasteiger partial charge in [0.05, 0.1) is 10.7 Å². The van der Waals surface area contributed by atoms with Crippen LogP contribution in [-0.2, 0) is 19.9 Å². The van der Waals surface area contributed by atoms with Gasteiger partial charge in [-0.05, 0) is 13.0 Å². The molecule has 2 aromatic heterocycles. The summed E-state index contributed by atoms with van der Waals surface area (Å²) >= 11 is 1.71. The molecule has 0 saturated heterocycles. The van der Waals surface area contributed by atoms with Gasteiger partial charge >= 0.3 is 0 Å². The van der Waals surface area contributed by atoms with Gasteiger partial charge < -0.3 is 5.32 Å². The van der Waals surface area contributed by atoms with Crippen molar-refractivity contribution in [2.45, 2.75) is 32.7 Å². The maximum absolute atomic E-state index is 4.52. The summed E-state index contributed by atoms with van der Waals surface area (Å²) in [6.07, 6.45) is 5.90. The molecule has 98 valence electrons. The summed E-state index contributed by atoms with van der Waals surface area (Å²) in [5.74, 6) is 0. The lowest BCUT2D eigenvalue weighted by Gasteiger charge is -2.16. The van der Waals surface area contributed by atoms with Gasteiger partial charge in [-0.1, -0.05) is 13.8 Å². The zero-order valence-corrected chi connectivity index (χ0v) is 12.0. The largest absolute Gasteiger partial charge is 0.310 e. The Labute approximate surface area is 112 Å². The Morgan fingerprint density at radius 3 is 2.89 bits per heavy atom. The van der Waals surface area contributed by atoms with Crippen molar-refractivity contribution in [1.82, 2.24) is 20.1 Å². The normalized spacial score (nSPS) is 12.8. The molecule has 0 saturated carbocycles. The highest BCUT2D eigenvalue weighted by Crippen LogP contribution is 2.22. The zero-order chi connectivity index (χ0) is 13.0. The van der Waals surface area contributed by atoms with Crippen molar-refractivity contribution in [3.63, 3.8) is 0 Å². The Morgan fingerprint density at radius 2 is 2.28 bits per heavy atom. The first-order valence-corrected chi connectivity index (χ1v) is 7.26. The molecule has 0 aliphatic rings. The van der Waals surface area contributed by atoms with E-state index in [2.05, 4.69) is 35.4 Å². The van der Waals surface area contributed by atoms with Crippen LogP contribution in [0.15, 0.2) is 17.8 Å². The molecule has 0 spiro atoms. The Kier molecular flexibility index (Phi) is 4.49. The van der Waals surface area contributed by atoms with E-state index in [-0.39, 0.29) is 0 Å². The van der Waals surface area contributed by atoms with E-state index >= 15 is 0 Å². The Hall–Kier alpha value is -1.20. The number of likely N-dealkylation sites (N-methyl/N-ethyl adjacent to an activating group) is 1. The summed E-state index contributed by atoms with van der Waals surface area (Å²) in [5, 5.41) is 11.3. The Bertz CT molecular complexity index is 475. The predicted octanol–water partition coefficient (Wildman–Crippen LogP) is 2.33. The molecule has 4 nitrogen and oxygen atoms in total. The van der Waals surface area contributed by atoms with Crippen LogP contribution in [0.4, 0.5) is 0 Å². The highest BCUT2D eigenvalue weighted by molar-refractivity contribution is 7.09. The second kappa shape index (κ2) is 6.11. The molecule has 0 amide bonds. The average Bonchev–Trinajstić information content (AvgIpc) is 2.97. The SMILES string of the molecule is CCNC(Cc1nccs1)c1cn(C)nc1CC. The number of hydrogen-bond donors (Lipinski definition) is 1. The van der Waals surface area contributed by atoms with Gasteiger partial charge in [-0.25, -0.2) is 4.98 Å². The molecule has 0 aliphatic carbocycles. The summed E-state index contributed by atoms with van der Waals surface area (Å²) in [4.78, 5) is 4.38. The molecule has 1 unspecified atom stereocenters. The molecule has 2 rings (SSSR count). The molecule has 0 radical (unpaired) electrons. The van der Waals surface area contributed by atoms with Crippen LogP contribution in [0.2, 0.25) is 0 Å². The van der Waals surface area contributed by atoms with E-state index in [0.717, 1.165) is 19.4 Å². The molecule has 1 N–H and O–H groups in total. The molecular formula is C13H20N4S. The maximum Gasteiger partial charge on any atom is 0.0943 e. The van der Waals surface area contributed by atoms with Gasteiger partial charge in [0, 0.05) is 42.8 Å². The first-order valence-electron chi connectivity index (χ1n) is 6.38. The molecule has 18 heavy (non-hydrogen) atoms. The predicted molar refractivity (Wildman–Crippen MR) is 74.8 cm³/mol. The first-order chi connectivity index (χ1) is 8.74. The van der Waals surface area contributed by atoms with Gasteiger partial charge in [-0.2, -0.15) is 5.10 Å². The second-order valence-electron chi connectivity index (χ2n) is 4.30. The van der Waals surface area contributed by atoms with Gasteiger partial charge in [0.15, 0.2) is 0 Å². The van der Waals surface area contributed by atoms with Crippen LogP contribution < -0.4 is 5.32 Å². The van der Waals surface area contributed by atoms with Crippen LogP contribution in [0.25, 0.3) is 0 Å². The van der Waals surface area contributed by atoms with Gasteiger partial charge in [0.2, 0.25) is 0 Å². The van der Waals surface area contributed by atoms with Crippen molar-refractivity contribution < 1.29 is 0 Å². The monoisotopic (exact) mass is 264 g/mol. The van der Waals surface area contributed by atoms with E-state index in [1.807, 2.05) is 23.3 Å². The van der Waals surface area contributed by atoms with Crippen LogP contribution in [0, 0.1) is 0 Å². The van der Waals surface area contributed by atoms with Crippen LogP contribution >= 0.6 is 11.3 Å². The second-order valence-corrected chi connectivity index (χ2v) is 5.28. The molecule has 1 atom stereocenters. The number of aromatic nitrogens is 3. The van der Waals surface area contributed by atoms with Crippen LogP contribution in [0.5, 0.6) is 0 Å². The van der Waals surface area contributed by atoms with E-state index in [1.54, 1.807) is 11.3 Å². The lowest BCUT2D eigenvalue weighted by atomic mass is 10.0. The average molecular weight is 264 g/mol. The highest BCUT2D eigenvalue weighted by Gasteiger charge is 2.18. The van der Waals surface area contributed by atoms with E-state index in [1.165, 1.54) is 16.3 Å². The number of rotatable bonds is 6. The smallest absolute Gasteiger partial charge is 0.0943 e. The maximum atomic E-state index is 4.52. The summed E-state index contributed by atoms with van der Waals surface area (Å²) in [7, 11) is 1.98. The van der Waals surface area contributed by atoms with Crippen molar-refractivity contribution in [2.75, 3.05) is 6.54 Å². The van der Waals surface area contributed by atoms with Crippen LogP contribution in [-0.4, -0.2) is 21.3 Å². The lowest BCUT2D eigenvalue weighted by Crippen LogP contribution is -2.23. The minimum Gasteiger partial charge on any atom is -0.310 e. The third-order valence-corrected chi connectivity index (χ3v) is 3.76. The van der Waals surface area contributed by atoms with Crippen molar-refractivity contribution in [3.05, 3.63) is 34.0 Å². The highest BCUT2D eigenvalue weighted by atomic mass is 32.1. The molecular weight excluding hydrogens is 244 g/mol. The Morgan fingerprint density at radius 1 is 1.44 bits per heavy atom. The summed E-state index contributed by atoms with van der Waals surface area (Å²) in [6, 6.07) is 0.310. The number of nitrogens with zero attached hydrogens (tertiary/aromatic N) is 3. The van der Waals surface area contributed by atoms with E-state index in [9.17, 15) is 0 Å². The van der Waals surface area contributed by atoms with Gasteiger partial charge in [-0.3, -0.25) is 4.68 Å². The molecule has 2 aromatic rings. The third-order valence-electron chi connectivity index (χ3n) is 2.96. The van der Waals surface area contributed by atoms with E-state index in [4.69, 9.17) is 0 Å². The fourth-order valence-electron chi connectivity index (χ4n) is 2.19. The van der Waals surface area contributed by atoms with Gasteiger partial charge in [0.1, 0.15) is 0 Å². The minimum atomic E-state index is 0.310. The van der Waals surface area contributed by atoms with Gasteiger partial charge in [0.25, 0.3) is 0 Å². The topological polar surface area (TPSA) is 42.7 Å². The summed E-state index contributed by atoms with van der Waals surface area (Å²) in [5.41, 5.74) is 2.48. The van der Waals surface area contributed by atoms with Crippen LogP contribution in [0.3, 0.4) is 0 Å². The molecule has 0 aliphatic heterocycles. The fourth-order valence-corrected chi connectivity index (χ4v) is 2.85. The number of nitrogens with one attached hydrogen (secondary N) is 1. The van der Waals surface area contributed by atoms with Crippen molar-refractivity contribution >= 4 is 11.3 Å². The van der Waals surface area contributed by atoms with Crippen molar-refractivity contribution in [1.29, 1.82) is 0 Å². The third kappa shape index (κ3) is 2.97. The lowest BCUT2D eigenvalue weighted by molar-refractivity contribution is 0.544. The van der Waals surface area contributed by atoms with E-state index in [0.29, 0.717) is 6.04 Å². The number of aryl methyl sites for hydroxylation is 2. The summed E-state index contributed by atoms with van der Waals surface area (Å²) < 4.78 is 1.90. The molecule has 5 heteroatoms. The quantitative estimate of drug-likeness (QED) is 0.871. The fraction of sp³-hybridized carbons (Fsp3) is 0.538. The molecule has 0 bridgehead atoms. The van der Waals surface area contributed by atoms with Crippen molar-refractivity contribution in [3.8, 4) is 0 Å². The molecule has 0 aromatic carbocycles. The minimum absolute atomic E-state index is 0.310. The van der Waals surface area contributed by atoms with Crippen molar-refractivity contribution in [2.24, 2.45) is 7.05 Å². The first kappa shape index (κ1) is 13.2. The number of hydrogen-bond acceptors (Lipinski definition) is 4. The standard InChI is InChI=1S/C13H20N4S/c1-4-11-10(9-17(3)16-11)12(14-5-2)8-13-15-6-7-18-13/h6-7,9,12,14H,4-5,8H2,1-3H3.